The van der Waals surface area contributed by atoms with E-state index in [4.69, 9.17) is 0 Å². The smallest absolute Gasteiger partial charge is 0.350 e. The number of nitrogens with one attached hydrogen (secondary N) is 1. The van der Waals surface area contributed by atoms with Crippen molar-refractivity contribution in [1.29, 1.82) is 0 Å². The molecule has 0 bridgehead atoms. The average molecular weight is 462 g/mol. The fourth-order valence-electron chi connectivity index (χ4n) is 4.85. The van der Waals surface area contributed by atoms with Crippen LogP contribution >= 0.6 is 0 Å². The molecule has 3 aromatic rings. The van der Waals surface area contributed by atoms with E-state index in [2.05, 4.69) is 46.5 Å². The average Bonchev–Trinajstić information content (AvgIpc) is 3.24. The maximum Gasteiger partial charge on any atom is 0.350 e. The summed E-state index contributed by atoms with van der Waals surface area (Å²) in [6, 6.07) is 18.3. The van der Waals surface area contributed by atoms with Gasteiger partial charge in [0.05, 0.1) is 11.6 Å². The van der Waals surface area contributed by atoms with Gasteiger partial charge < -0.3 is 10.2 Å². The summed E-state index contributed by atoms with van der Waals surface area (Å²) in [6.45, 7) is 7.26. The predicted octanol–water partition coefficient (Wildman–Crippen LogP) is 3.97. The van der Waals surface area contributed by atoms with Crippen molar-refractivity contribution in [3.8, 4) is 5.69 Å². The molecule has 1 aliphatic rings. The number of anilines is 1. The van der Waals surface area contributed by atoms with Gasteiger partial charge in [0, 0.05) is 31.9 Å². The molecule has 2 aromatic carbocycles. The second-order valence-corrected chi connectivity index (χ2v) is 9.03. The molecular formula is C27H35N5O2. The number of aryl methyl sites for hydroxylation is 1. The Hall–Kier alpha value is -3.35. The van der Waals surface area contributed by atoms with Gasteiger partial charge in [0.25, 0.3) is 0 Å². The van der Waals surface area contributed by atoms with Gasteiger partial charge in [-0.15, -0.1) is 0 Å². The molecule has 0 aliphatic carbocycles. The number of carbonyl (C=O) groups excluding carboxylic acids is 1. The standard InChI is InChI=1S/C27H35N5O2/c1-3-16-28-26(33)25(21-8-6-5-7-9-21)22-14-18-30(19-15-22)23-10-12-24(13-11-23)31-20-29-32(17-4-2)27(31)34/h5-13,20,22,25H,3-4,14-19H2,1-2H3,(H,28,33). The number of benzene rings is 2. The first-order chi connectivity index (χ1) is 16.6. The number of nitrogens with zero attached hydrogens (tertiary/aromatic N) is 4. The lowest BCUT2D eigenvalue weighted by atomic mass is 9.79. The van der Waals surface area contributed by atoms with Crippen LogP contribution in [0.25, 0.3) is 5.69 Å². The number of carbonyl (C=O) groups is 1. The minimum Gasteiger partial charge on any atom is -0.372 e. The summed E-state index contributed by atoms with van der Waals surface area (Å²) in [4.78, 5) is 27.9. The molecule has 7 heteroatoms. The summed E-state index contributed by atoms with van der Waals surface area (Å²) in [7, 11) is 0. The first kappa shape index (κ1) is 23.8. The monoisotopic (exact) mass is 461 g/mol. The van der Waals surface area contributed by atoms with Gasteiger partial charge in [0.15, 0.2) is 0 Å². The zero-order chi connectivity index (χ0) is 23.9. The largest absolute Gasteiger partial charge is 0.372 e. The fraction of sp³-hybridized carbons (Fsp3) is 0.444. The Kier molecular flexibility index (Phi) is 7.83. The van der Waals surface area contributed by atoms with Gasteiger partial charge in [-0.1, -0.05) is 44.2 Å². The molecule has 0 radical (unpaired) electrons. The highest BCUT2D eigenvalue weighted by molar-refractivity contribution is 5.84. The van der Waals surface area contributed by atoms with Crippen LogP contribution in [0.2, 0.25) is 0 Å². The zero-order valence-corrected chi connectivity index (χ0v) is 20.2. The maximum absolute atomic E-state index is 13.0. The van der Waals surface area contributed by atoms with E-state index in [0.717, 1.165) is 55.7 Å². The molecule has 1 unspecified atom stereocenters. The molecule has 2 heterocycles. The molecular weight excluding hydrogens is 426 g/mol. The molecule has 180 valence electrons. The van der Waals surface area contributed by atoms with Gasteiger partial charge in [0.2, 0.25) is 5.91 Å². The summed E-state index contributed by atoms with van der Waals surface area (Å²) < 4.78 is 3.09. The fourth-order valence-corrected chi connectivity index (χ4v) is 4.85. The number of rotatable bonds is 9. The van der Waals surface area contributed by atoms with E-state index < -0.39 is 0 Å². The van der Waals surface area contributed by atoms with Crippen LogP contribution in [0.3, 0.4) is 0 Å². The van der Waals surface area contributed by atoms with Gasteiger partial charge in [-0.2, -0.15) is 5.10 Å². The first-order valence-corrected chi connectivity index (χ1v) is 12.4. The van der Waals surface area contributed by atoms with Crippen LogP contribution < -0.4 is 15.9 Å². The summed E-state index contributed by atoms with van der Waals surface area (Å²) in [6.07, 6.45) is 5.32. The molecule has 7 nitrogen and oxygen atoms in total. The Balaban J connectivity index is 1.43. The van der Waals surface area contributed by atoms with E-state index in [9.17, 15) is 9.59 Å². The lowest BCUT2D eigenvalue weighted by Crippen LogP contribution is -2.40. The van der Waals surface area contributed by atoms with Gasteiger partial charge in [-0.3, -0.25) is 4.79 Å². The van der Waals surface area contributed by atoms with Gasteiger partial charge in [-0.25, -0.2) is 14.0 Å². The Morgan fingerprint density at radius 3 is 2.32 bits per heavy atom. The summed E-state index contributed by atoms with van der Waals surface area (Å²) in [5, 5.41) is 7.32. The highest BCUT2D eigenvalue weighted by atomic mass is 16.2. The molecule has 1 aliphatic heterocycles. The van der Waals surface area contributed by atoms with Crippen molar-refractivity contribution >= 4 is 11.6 Å². The van der Waals surface area contributed by atoms with E-state index in [1.165, 1.54) is 4.68 Å². The Labute approximate surface area is 201 Å². The second kappa shape index (κ2) is 11.2. The molecule has 1 fully saturated rings. The number of hydrogen-bond donors (Lipinski definition) is 1. The predicted molar refractivity (Wildman–Crippen MR) is 136 cm³/mol. The Morgan fingerprint density at radius 1 is 1.00 bits per heavy atom. The lowest BCUT2D eigenvalue weighted by Gasteiger charge is -2.37. The molecule has 0 saturated carbocycles. The quantitative estimate of drug-likeness (QED) is 0.523. The minimum atomic E-state index is -0.108. The van der Waals surface area contributed by atoms with E-state index in [-0.39, 0.29) is 17.5 Å². The minimum absolute atomic E-state index is 0.108. The lowest BCUT2D eigenvalue weighted by molar-refractivity contribution is -0.124. The Bertz CT molecular complexity index is 1110. The zero-order valence-electron chi connectivity index (χ0n) is 20.2. The third-order valence-electron chi connectivity index (χ3n) is 6.66. The summed E-state index contributed by atoms with van der Waals surface area (Å²) in [5.74, 6) is 0.353. The van der Waals surface area contributed by atoms with Gasteiger partial charge in [-0.05, 0) is 61.4 Å². The van der Waals surface area contributed by atoms with E-state index in [0.29, 0.717) is 19.0 Å². The van der Waals surface area contributed by atoms with Gasteiger partial charge >= 0.3 is 5.69 Å². The van der Waals surface area contributed by atoms with Gasteiger partial charge in [0.1, 0.15) is 6.33 Å². The van der Waals surface area contributed by atoms with Crippen LogP contribution in [0.5, 0.6) is 0 Å². The molecule has 1 amide bonds. The topological polar surface area (TPSA) is 72.2 Å². The van der Waals surface area contributed by atoms with Crippen molar-refractivity contribution < 1.29 is 4.79 Å². The number of aromatic nitrogens is 3. The first-order valence-electron chi connectivity index (χ1n) is 12.4. The second-order valence-electron chi connectivity index (χ2n) is 9.03. The van der Waals surface area contributed by atoms with E-state index >= 15 is 0 Å². The van der Waals surface area contributed by atoms with Crippen molar-refractivity contribution in [2.75, 3.05) is 24.5 Å². The molecule has 1 atom stereocenters. The summed E-state index contributed by atoms with van der Waals surface area (Å²) >= 11 is 0. The molecule has 1 saturated heterocycles. The van der Waals surface area contributed by atoms with E-state index in [1.807, 2.05) is 37.3 Å². The van der Waals surface area contributed by atoms with Crippen molar-refractivity contribution in [3.63, 3.8) is 0 Å². The van der Waals surface area contributed by atoms with Crippen LogP contribution in [0, 0.1) is 5.92 Å². The molecule has 0 spiro atoms. The third kappa shape index (κ3) is 5.24. The van der Waals surface area contributed by atoms with Crippen LogP contribution in [-0.4, -0.2) is 39.9 Å². The van der Waals surface area contributed by atoms with Crippen molar-refractivity contribution in [2.45, 2.75) is 52.0 Å². The normalized spacial score (nSPS) is 15.3. The van der Waals surface area contributed by atoms with Crippen molar-refractivity contribution in [2.24, 2.45) is 5.92 Å². The summed E-state index contributed by atoms with van der Waals surface area (Å²) in [5.41, 5.74) is 2.96. The number of piperidine rings is 1. The molecule has 1 aromatic heterocycles. The molecule has 1 N–H and O–H groups in total. The third-order valence-corrected chi connectivity index (χ3v) is 6.66. The number of hydrogen-bond acceptors (Lipinski definition) is 4. The van der Waals surface area contributed by atoms with Crippen molar-refractivity contribution in [1.82, 2.24) is 19.7 Å². The van der Waals surface area contributed by atoms with Crippen LogP contribution in [0.4, 0.5) is 5.69 Å². The maximum atomic E-state index is 13.0. The van der Waals surface area contributed by atoms with Crippen LogP contribution in [0.1, 0.15) is 51.0 Å². The number of amides is 1. The highest BCUT2D eigenvalue weighted by Gasteiger charge is 2.32. The van der Waals surface area contributed by atoms with Crippen LogP contribution in [-0.2, 0) is 11.3 Å². The molecule has 4 rings (SSSR count). The van der Waals surface area contributed by atoms with E-state index in [1.54, 1.807) is 10.9 Å². The van der Waals surface area contributed by atoms with Crippen LogP contribution in [0.15, 0.2) is 65.7 Å². The highest BCUT2D eigenvalue weighted by Crippen LogP contribution is 2.34. The molecule has 34 heavy (non-hydrogen) atoms. The SMILES string of the molecule is CCCNC(=O)C(c1ccccc1)C1CCN(c2ccc(-n3cnn(CCC)c3=O)cc2)CC1. The Morgan fingerprint density at radius 2 is 1.68 bits per heavy atom. The van der Waals surface area contributed by atoms with Crippen molar-refractivity contribution in [3.05, 3.63) is 77.0 Å².